The Morgan fingerprint density at radius 2 is 1.86 bits per heavy atom. The van der Waals surface area contributed by atoms with Gasteiger partial charge in [-0.25, -0.2) is 4.98 Å². The molecule has 0 aliphatic heterocycles. The van der Waals surface area contributed by atoms with Crippen LogP contribution in [-0.2, 0) is 0 Å². The lowest BCUT2D eigenvalue weighted by atomic mass is 9.72. The lowest BCUT2D eigenvalue weighted by molar-refractivity contribution is 0.0820. The van der Waals surface area contributed by atoms with Crippen LogP contribution in [0.2, 0.25) is 0 Å². The molecule has 3 nitrogen and oxygen atoms in total. The summed E-state index contributed by atoms with van der Waals surface area (Å²) in [6.45, 7) is 7.01. The molecular weight excluding hydrogens is 340 g/mol. The Bertz CT molecular complexity index is 658. The molecule has 0 saturated heterocycles. The minimum atomic E-state index is 0.256. The summed E-state index contributed by atoms with van der Waals surface area (Å²) in [6, 6.07) is 6.51. The summed E-state index contributed by atoms with van der Waals surface area (Å²) in [5.41, 5.74) is 1.33. The van der Waals surface area contributed by atoms with E-state index in [1.807, 2.05) is 24.4 Å². The van der Waals surface area contributed by atoms with E-state index in [-0.39, 0.29) is 6.10 Å². The summed E-state index contributed by atoms with van der Waals surface area (Å²) in [5, 5.41) is 1.03. The van der Waals surface area contributed by atoms with Gasteiger partial charge in [0.05, 0.1) is 5.52 Å². The van der Waals surface area contributed by atoms with Gasteiger partial charge in [0.2, 0.25) is 0 Å². The monoisotopic (exact) mass is 362 g/mol. The molecule has 3 rings (SSSR count). The summed E-state index contributed by atoms with van der Waals surface area (Å²) in [7, 11) is 0. The average Bonchev–Trinajstić information content (AvgIpc) is 2.47. The number of aromatic nitrogens is 2. The first kappa shape index (κ1) is 15.7. The fraction of sp³-hybridized carbons (Fsp3) is 0.556. The predicted molar refractivity (Wildman–Crippen MR) is 93.1 cm³/mol. The number of fused-ring (bicyclic) bond motifs is 1. The van der Waals surface area contributed by atoms with Gasteiger partial charge in [0.25, 0.3) is 0 Å². The summed E-state index contributed by atoms with van der Waals surface area (Å²) in [6.07, 6.45) is 6.76. The molecule has 22 heavy (non-hydrogen) atoms. The molecule has 1 saturated carbocycles. The van der Waals surface area contributed by atoms with Gasteiger partial charge in [-0.05, 0) is 55.2 Å². The molecule has 1 aromatic heterocycles. The molecule has 0 bridgehead atoms. The van der Waals surface area contributed by atoms with Crippen LogP contribution in [0.4, 0.5) is 0 Å². The van der Waals surface area contributed by atoms with Crippen LogP contribution < -0.4 is 4.74 Å². The summed E-state index contributed by atoms with van der Waals surface area (Å²) >= 11 is 3.47. The Balaban J connectivity index is 1.66. The zero-order chi connectivity index (χ0) is 15.7. The lowest BCUT2D eigenvalue weighted by Crippen LogP contribution is -2.30. The second-order valence-corrected chi connectivity index (χ2v) is 8.23. The van der Waals surface area contributed by atoms with Crippen LogP contribution in [0.15, 0.2) is 28.9 Å². The third-order valence-corrected chi connectivity index (χ3v) is 5.18. The average molecular weight is 363 g/mol. The van der Waals surface area contributed by atoms with Crippen LogP contribution in [0.25, 0.3) is 10.9 Å². The second-order valence-electron chi connectivity index (χ2n) is 7.31. The van der Waals surface area contributed by atoms with Crippen molar-refractivity contribution in [1.82, 2.24) is 9.97 Å². The molecule has 0 amide bonds. The standard InChI is InChI=1S/C18H23BrN2O/c1-18(2,3)13-4-7-15(8-5-13)22-17-20-11-12-10-14(19)6-9-16(12)21-17/h6,9-11,13,15H,4-5,7-8H2,1-3H3/t13-,15-. The van der Waals surface area contributed by atoms with Gasteiger partial charge in [-0.3, -0.25) is 0 Å². The minimum Gasteiger partial charge on any atom is -0.460 e. The Labute approximate surface area is 140 Å². The SMILES string of the molecule is CC(C)(C)[C@H]1CC[C@H](Oc2ncc3cc(Br)ccc3n2)CC1. The maximum atomic E-state index is 6.02. The van der Waals surface area contributed by atoms with E-state index in [0.29, 0.717) is 11.4 Å². The number of hydrogen-bond acceptors (Lipinski definition) is 3. The van der Waals surface area contributed by atoms with E-state index in [9.17, 15) is 0 Å². The van der Waals surface area contributed by atoms with E-state index in [1.165, 1.54) is 12.8 Å². The van der Waals surface area contributed by atoms with Crippen LogP contribution in [0, 0.1) is 11.3 Å². The third kappa shape index (κ3) is 3.60. The molecule has 0 radical (unpaired) electrons. The summed E-state index contributed by atoms with van der Waals surface area (Å²) in [5.74, 6) is 0.794. The van der Waals surface area contributed by atoms with Gasteiger partial charge in [0.15, 0.2) is 0 Å². The van der Waals surface area contributed by atoms with Crippen molar-refractivity contribution in [2.24, 2.45) is 11.3 Å². The van der Waals surface area contributed by atoms with Gasteiger partial charge in [-0.2, -0.15) is 4.98 Å². The maximum absolute atomic E-state index is 6.02. The van der Waals surface area contributed by atoms with Crippen LogP contribution in [0.5, 0.6) is 6.01 Å². The van der Waals surface area contributed by atoms with Crippen molar-refractivity contribution in [3.63, 3.8) is 0 Å². The van der Waals surface area contributed by atoms with Crippen LogP contribution >= 0.6 is 15.9 Å². The summed E-state index contributed by atoms with van der Waals surface area (Å²) < 4.78 is 7.06. The predicted octanol–water partition coefficient (Wildman–Crippen LogP) is 5.38. The molecule has 0 N–H and O–H groups in total. The molecule has 1 aliphatic carbocycles. The number of nitrogens with zero attached hydrogens (tertiary/aromatic N) is 2. The number of ether oxygens (including phenoxy) is 1. The van der Waals surface area contributed by atoms with E-state index in [0.717, 1.165) is 34.1 Å². The van der Waals surface area contributed by atoms with Crippen molar-refractivity contribution in [2.75, 3.05) is 0 Å². The van der Waals surface area contributed by atoms with E-state index >= 15 is 0 Å². The van der Waals surface area contributed by atoms with Crippen molar-refractivity contribution in [3.05, 3.63) is 28.9 Å². The minimum absolute atomic E-state index is 0.256. The first-order valence-corrected chi connectivity index (χ1v) is 8.80. The Hall–Kier alpha value is -1.16. The molecule has 0 spiro atoms. The van der Waals surface area contributed by atoms with Gasteiger partial charge in [-0.15, -0.1) is 0 Å². The number of hydrogen-bond donors (Lipinski definition) is 0. The number of benzene rings is 1. The van der Waals surface area contributed by atoms with Crippen molar-refractivity contribution < 1.29 is 4.74 Å². The van der Waals surface area contributed by atoms with Gasteiger partial charge in [0.1, 0.15) is 6.10 Å². The Morgan fingerprint density at radius 3 is 2.55 bits per heavy atom. The van der Waals surface area contributed by atoms with Crippen molar-refractivity contribution in [1.29, 1.82) is 0 Å². The first-order valence-electron chi connectivity index (χ1n) is 8.01. The topological polar surface area (TPSA) is 35.0 Å². The molecule has 1 fully saturated rings. The third-order valence-electron chi connectivity index (χ3n) is 4.69. The zero-order valence-electron chi connectivity index (χ0n) is 13.5. The largest absolute Gasteiger partial charge is 0.460 e. The van der Waals surface area contributed by atoms with Gasteiger partial charge < -0.3 is 4.74 Å². The molecule has 1 heterocycles. The smallest absolute Gasteiger partial charge is 0.317 e. The zero-order valence-corrected chi connectivity index (χ0v) is 15.1. The molecule has 118 valence electrons. The molecule has 1 aliphatic rings. The molecule has 4 heteroatoms. The van der Waals surface area contributed by atoms with Crippen molar-refractivity contribution in [3.8, 4) is 6.01 Å². The van der Waals surface area contributed by atoms with E-state index < -0.39 is 0 Å². The van der Waals surface area contributed by atoms with E-state index in [4.69, 9.17) is 4.74 Å². The fourth-order valence-corrected chi connectivity index (χ4v) is 3.62. The highest BCUT2D eigenvalue weighted by molar-refractivity contribution is 9.10. The van der Waals surface area contributed by atoms with Gasteiger partial charge in [-0.1, -0.05) is 36.7 Å². The highest BCUT2D eigenvalue weighted by Gasteiger charge is 2.30. The van der Waals surface area contributed by atoms with E-state index in [1.54, 1.807) is 0 Å². The highest BCUT2D eigenvalue weighted by atomic mass is 79.9. The fourth-order valence-electron chi connectivity index (χ4n) is 3.24. The van der Waals surface area contributed by atoms with E-state index in [2.05, 4.69) is 46.7 Å². The maximum Gasteiger partial charge on any atom is 0.317 e. The van der Waals surface area contributed by atoms with Gasteiger partial charge in [0, 0.05) is 16.1 Å². The van der Waals surface area contributed by atoms with Gasteiger partial charge >= 0.3 is 6.01 Å². The molecular formula is C18H23BrN2O. The molecule has 1 aromatic carbocycles. The number of halogens is 1. The summed E-state index contributed by atoms with van der Waals surface area (Å²) in [4.78, 5) is 8.88. The lowest BCUT2D eigenvalue weighted by Gasteiger charge is -2.36. The second kappa shape index (κ2) is 6.15. The molecule has 2 aromatic rings. The number of rotatable bonds is 2. The Kier molecular flexibility index (Phi) is 4.40. The van der Waals surface area contributed by atoms with Crippen molar-refractivity contribution in [2.45, 2.75) is 52.6 Å². The Morgan fingerprint density at radius 1 is 1.14 bits per heavy atom. The van der Waals surface area contributed by atoms with Crippen LogP contribution in [0.3, 0.4) is 0 Å². The molecule has 0 atom stereocenters. The van der Waals surface area contributed by atoms with Crippen LogP contribution in [0.1, 0.15) is 46.5 Å². The molecule has 0 unspecified atom stereocenters. The first-order chi connectivity index (χ1) is 10.4. The normalized spacial score (nSPS) is 22.7. The quantitative estimate of drug-likeness (QED) is 0.719. The highest BCUT2D eigenvalue weighted by Crippen LogP contribution is 2.38. The van der Waals surface area contributed by atoms with Crippen LogP contribution in [-0.4, -0.2) is 16.1 Å². The van der Waals surface area contributed by atoms with Crippen molar-refractivity contribution >= 4 is 26.8 Å².